The highest BCUT2D eigenvalue weighted by Crippen LogP contribution is 2.31. The molecule has 1 heterocycles. The van der Waals surface area contributed by atoms with Crippen LogP contribution in [-0.4, -0.2) is 16.2 Å². The summed E-state index contributed by atoms with van der Waals surface area (Å²) in [6.07, 6.45) is 1.89. The van der Waals surface area contributed by atoms with E-state index >= 15 is 0 Å². The number of hydrogen-bond donors (Lipinski definition) is 1. The zero-order chi connectivity index (χ0) is 17.8. The molecule has 4 nitrogen and oxygen atoms in total. The quantitative estimate of drug-likeness (QED) is 0.454. The molecule has 7 heteroatoms. The molecule has 0 spiro atoms. The number of halogens is 2. The molecule has 1 N–H and O–H groups in total. The number of thioether (sulfide) groups is 1. The Bertz CT molecular complexity index is 935. The first-order valence-corrected chi connectivity index (χ1v) is 9.23. The lowest BCUT2D eigenvalue weighted by atomic mass is 10.1. The highest BCUT2D eigenvalue weighted by molar-refractivity contribution is 7.98. The molecule has 3 rings (SSSR count). The van der Waals surface area contributed by atoms with Crippen LogP contribution in [0.2, 0.25) is 10.0 Å². The zero-order valence-electron chi connectivity index (χ0n) is 13.1. The molecule has 0 aliphatic heterocycles. The Labute approximate surface area is 159 Å². The second-order valence-corrected chi connectivity index (χ2v) is 6.69. The largest absolute Gasteiger partial charge is 0.339 e. The Morgan fingerprint density at radius 1 is 1.04 bits per heavy atom. The van der Waals surface area contributed by atoms with Crippen LogP contribution >= 0.6 is 35.0 Å². The monoisotopic (exact) mass is 386 g/mol. The Balaban J connectivity index is 2.14. The minimum absolute atomic E-state index is 0.361. The van der Waals surface area contributed by atoms with Gasteiger partial charge in [-0.3, -0.25) is 0 Å². The van der Waals surface area contributed by atoms with Gasteiger partial charge in [0.15, 0.2) is 11.0 Å². The molecule has 25 heavy (non-hydrogen) atoms. The van der Waals surface area contributed by atoms with Gasteiger partial charge in [0.1, 0.15) is 11.6 Å². The van der Waals surface area contributed by atoms with Crippen LogP contribution in [0.4, 0.5) is 11.5 Å². The van der Waals surface area contributed by atoms with E-state index in [0.29, 0.717) is 38.0 Å². The summed E-state index contributed by atoms with van der Waals surface area (Å²) in [6.45, 7) is 0. The van der Waals surface area contributed by atoms with Crippen LogP contribution in [0.5, 0.6) is 0 Å². The van der Waals surface area contributed by atoms with Crippen LogP contribution in [0.1, 0.15) is 5.56 Å². The summed E-state index contributed by atoms with van der Waals surface area (Å²) in [6, 6.07) is 16.8. The lowest BCUT2D eigenvalue weighted by Crippen LogP contribution is -2.03. The van der Waals surface area contributed by atoms with Gasteiger partial charge in [0.25, 0.3) is 0 Å². The van der Waals surface area contributed by atoms with Crippen molar-refractivity contribution in [3.05, 3.63) is 64.1 Å². The predicted molar refractivity (Wildman–Crippen MR) is 104 cm³/mol. The number of anilines is 2. The van der Waals surface area contributed by atoms with Gasteiger partial charge in [-0.2, -0.15) is 5.26 Å². The summed E-state index contributed by atoms with van der Waals surface area (Å²) in [7, 11) is 0. The molecular weight excluding hydrogens is 375 g/mol. The van der Waals surface area contributed by atoms with E-state index in [0.717, 1.165) is 5.56 Å². The summed E-state index contributed by atoms with van der Waals surface area (Å²) in [4.78, 5) is 8.94. The molecule has 0 unspecified atom stereocenters. The molecule has 3 aromatic rings. The van der Waals surface area contributed by atoms with Gasteiger partial charge in [-0.1, -0.05) is 65.3 Å². The molecule has 0 fully saturated rings. The summed E-state index contributed by atoms with van der Waals surface area (Å²) in [5.41, 5.74) is 2.45. The minimum atomic E-state index is 0.361. The fraction of sp³-hybridized carbons (Fsp3) is 0.0556. The van der Waals surface area contributed by atoms with Gasteiger partial charge in [-0.15, -0.1) is 0 Å². The summed E-state index contributed by atoms with van der Waals surface area (Å²) in [5.74, 6) is 0.416. The molecule has 0 aliphatic carbocycles. The molecule has 0 radical (unpaired) electrons. The fourth-order valence-electron chi connectivity index (χ4n) is 2.30. The topological polar surface area (TPSA) is 61.6 Å². The van der Waals surface area contributed by atoms with Gasteiger partial charge in [0.2, 0.25) is 0 Å². The Kier molecular flexibility index (Phi) is 5.44. The van der Waals surface area contributed by atoms with Crippen LogP contribution in [0, 0.1) is 11.3 Å². The van der Waals surface area contributed by atoms with Gasteiger partial charge in [-0.25, -0.2) is 9.97 Å². The van der Waals surface area contributed by atoms with Gasteiger partial charge in [0.05, 0.1) is 5.69 Å². The minimum Gasteiger partial charge on any atom is -0.339 e. The first-order chi connectivity index (χ1) is 12.1. The van der Waals surface area contributed by atoms with Crippen molar-refractivity contribution in [1.29, 1.82) is 5.26 Å². The number of nitrogens with one attached hydrogen (secondary N) is 1. The molecule has 0 amide bonds. The van der Waals surface area contributed by atoms with E-state index in [9.17, 15) is 5.26 Å². The van der Waals surface area contributed by atoms with Gasteiger partial charge < -0.3 is 5.32 Å². The highest BCUT2D eigenvalue weighted by atomic mass is 35.5. The van der Waals surface area contributed by atoms with Crippen molar-refractivity contribution in [2.24, 2.45) is 0 Å². The van der Waals surface area contributed by atoms with Crippen molar-refractivity contribution in [2.45, 2.75) is 5.16 Å². The second kappa shape index (κ2) is 7.75. The molecule has 0 bridgehead atoms. The van der Waals surface area contributed by atoms with Crippen LogP contribution < -0.4 is 5.32 Å². The first-order valence-electron chi connectivity index (χ1n) is 7.25. The van der Waals surface area contributed by atoms with Crippen molar-refractivity contribution in [1.82, 2.24) is 9.97 Å². The lowest BCUT2D eigenvalue weighted by molar-refractivity contribution is 0.975. The summed E-state index contributed by atoms with van der Waals surface area (Å²) < 4.78 is 0. The van der Waals surface area contributed by atoms with Crippen molar-refractivity contribution < 1.29 is 0 Å². The lowest BCUT2D eigenvalue weighted by Gasteiger charge is -2.12. The number of rotatable bonds is 4. The molecule has 0 aliphatic rings. The van der Waals surface area contributed by atoms with E-state index in [4.69, 9.17) is 23.2 Å². The van der Waals surface area contributed by atoms with Crippen molar-refractivity contribution >= 4 is 46.5 Å². The maximum Gasteiger partial charge on any atom is 0.189 e. The van der Waals surface area contributed by atoms with E-state index < -0.39 is 0 Å². The second-order valence-electron chi connectivity index (χ2n) is 5.04. The maximum absolute atomic E-state index is 9.68. The molecular formula is C18H12Cl2N4S. The Morgan fingerprint density at radius 2 is 1.72 bits per heavy atom. The van der Waals surface area contributed by atoms with Gasteiger partial charge >= 0.3 is 0 Å². The number of nitriles is 1. The number of nitrogens with zero attached hydrogens (tertiary/aromatic N) is 3. The molecule has 0 saturated carbocycles. The average Bonchev–Trinajstić information content (AvgIpc) is 2.61. The van der Waals surface area contributed by atoms with Crippen molar-refractivity contribution in [2.75, 3.05) is 11.6 Å². The molecule has 0 atom stereocenters. The highest BCUT2D eigenvalue weighted by Gasteiger charge is 2.16. The summed E-state index contributed by atoms with van der Waals surface area (Å²) >= 11 is 13.5. The fourth-order valence-corrected chi connectivity index (χ4v) is 3.19. The van der Waals surface area contributed by atoms with Crippen LogP contribution in [0.25, 0.3) is 11.3 Å². The van der Waals surface area contributed by atoms with E-state index in [1.165, 1.54) is 11.8 Å². The SMILES string of the molecule is CSc1nc(Nc2cc(Cl)cc(Cl)c2)c(C#N)c(-c2ccccc2)n1. The first kappa shape index (κ1) is 17.6. The Morgan fingerprint density at radius 3 is 2.32 bits per heavy atom. The average molecular weight is 387 g/mol. The smallest absolute Gasteiger partial charge is 0.189 e. The molecule has 0 saturated heterocycles. The molecule has 124 valence electrons. The Hall–Kier alpha value is -2.26. The van der Waals surface area contributed by atoms with Crippen LogP contribution in [-0.2, 0) is 0 Å². The van der Waals surface area contributed by atoms with Gasteiger partial charge in [0, 0.05) is 21.3 Å². The van der Waals surface area contributed by atoms with Crippen molar-refractivity contribution in [3.63, 3.8) is 0 Å². The third-order valence-electron chi connectivity index (χ3n) is 3.36. The normalized spacial score (nSPS) is 10.3. The van der Waals surface area contributed by atoms with Crippen LogP contribution in [0.15, 0.2) is 53.7 Å². The van der Waals surface area contributed by atoms with E-state index in [1.807, 2.05) is 36.6 Å². The van der Waals surface area contributed by atoms with Crippen molar-refractivity contribution in [3.8, 4) is 17.3 Å². The maximum atomic E-state index is 9.68. The standard InChI is InChI=1S/C18H12Cl2N4S/c1-25-18-23-16(11-5-3-2-4-6-11)15(10-21)17(24-18)22-14-8-12(19)7-13(20)9-14/h2-9H,1H3,(H,22,23,24). The number of hydrogen-bond acceptors (Lipinski definition) is 5. The summed E-state index contributed by atoms with van der Waals surface area (Å²) in [5, 5.41) is 14.4. The predicted octanol–water partition coefficient (Wildman–Crippen LogP) is 5.79. The molecule has 1 aromatic heterocycles. The van der Waals surface area contributed by atoms with Crippen LogP contribution in [0.3, 0.4) is 0 Å². The third-order valence-corrected chi connectivity index (χ3v) is 4.34. The van der Waals surface area contributed by atoms with E-state index in [1.54, 1.807) is 18.2 Å². The van der Waals surface area contributed by atoms with E-state index in [-0.39, 0.29) is 0 Å². The third kappa shape index (κ3) is 4.05. The number of benzene rings is 2. The van der Waals surface area contributed by atoms with E-state index in [2.05, 4.69) is 21.4 Å². The molecule has 2 aromatic carbocycles. The van der Waals surface area contributed by atoms with Gasteiger partial charge in [-0.05, 0) is 24.5 Å². The number of aromatic nitrogens is 2. The zero-order valence-corrected chi connectivity index (χ0v) is 15.5.